The Kier molecular flexibility index (Phi) is 2.82. The lowest BCUT2D eigenvalue weighted by atomic mass is 10.0. The van der Waals surface area contributed by atoms with E-state index in [4.69, 9.17) is 14.9 Å². The number of methoxy groups -OCH3 is 1. The minimum absolute atomic E-state index is 0.266. The van der Waals surface area contributed by atoms with Crippen LogP contribution in [0.1, 0.15) is 23.4 Å². The van der Waals surface area contributed by atoms with Crippen molar-refractivity contribution in [3.05, 3.63) is 17.3 Å². The average Bonchev–Trinajstić information content (AvgIpc) is 2.66. The standard InChI is InChI=1S/C10H15N3O3/c1-6-12-7-3-4-13(10(14)15-2)8(5-11)9(7)16-6/h8H,3-5,11H2,1-2H3. The van der Waals surface area contributed by atoms with Gasteiger partial charge in [0.15, 0.2) is 11.7 Å². The van der Waals surface area contributed by atoms with Gasteiger partial charge in [-0.25, -0.2) is 9.78 Å². The van der Waals surface area contributed by atoms with Crippen LogP contribution in [0.2, 0.25) is 0 Å². The highest BCUT2D eigenvalue weighted by atomic mass is 16.5. The molecule has 1 aromatic heterocycles. The molecule has 0 aliphatic carbocycles. The van der Waals surface area contributed by atoms with Crippen LogP contribution in [0.3, 0.4) is 0 Å². The first-order chi connectivity index (χ1) is 7.67. The number of aryl methyl sites for hydroxylation is 1. The second-order valence-corrected chi connectivity index (χ2v) is 3.71. The largest absolute Gasteiger partial charge is 0.453 e. The van der Waals surface area contributed by atoms with Crippen molar-refractivity contribution in [1.82, 2.24) is 9.88 Å². The number of hydrogen-bond donors (Lipinski definition) is 1. The third-order valence-corrected chi connectivity index (χ3v) is 2.74. The highest BCUT2D eigenvalue weighted by Crippen LogP contribution is 2.29. The molecule has 6 heteroatoms. The number of amides is 1. The van der Waals surface area contributed by atoms with Crippen molar-refractivity contribution in [1.29, 1.82) is 0 Å². The predicted octanol–water partition coefficient (Wildman–Crippen LogP) is 0.607. The van der Waals surface area contributed by atoms with Crippen molar-refractivity contribution in [2.75, 3.05) is 20.2 Å². The van der Waals surface area contributed by atoms with E-state index in [2.05, 4.69) is 4.98 Å². The van der Waals surface area contributed by atoms with Gasteiger partial charge in [0.05, 0.1) is 12.8 Å². The number of fused-ring (bicyclic) bond motifs is 1. The SMILES string of the molecule is COC(=O)N1CCc2nc(C)oc2C1CN. The molecule has 0 radical (unpaired) electrons. The Morgan fingerprint density at radius 1 is 1.75 bits per heavy atom. The van der Waals surface area contributed by atoms with Crippen molar-refractivity contribution in [2.45, 2.75) is 19.4 Å². The van der Waals surface area contributed by atoms with E-state index in [0.29, 0.717) is 31.2 Å². The molecule has 2 N–H and O–H groups in total. The van der Waals surface area contributed by atoms with Crippen molar-refractivity contribution < 1.29 is 13.9 Å². The van der Waals surface area contributed by atoms with Crippen molar-refractivity contribution in [3.8, 4) is 0 Å². The molecule has 6 nitrogen and oxygen atoms in total. The highest BCUT2D eigenvalue weighted by Gasteiger charge is 2.34. The van der Waals surface area contributed by atoms with Gasteiger partial charge in [0.1, 0.15) is 6.04 Å². The molecule has 0 saturated carbocycles. The van der Waals surface area contributed by atoms with Crippen LogP contribution in [0.4, 0.5) is 4.79 Å². The molecule has 0 bridgehead atoms. The Morgan fingerprint density at radius 3 is 3.12 bits per heavy atom. The summed E-state index contributed by atoms with van der Waals surface area (Å²) in [5.74, 6) is 1.30. The van der Waals surface area contributed by atoms with Gasteiger partial charge >= 0.3 is 6.09 Å². The van der Waals surface area contributed by atoms with Crippen LogP contribution < -0.4 is 5.73 Å². The number of nitrogens with zero attached hydrogens (tertiary/aromatic N) is 2. The molecule has 1 amide bonds. The molecular formula is C10H15N3O3. The number of nitrogens with two attached hydrogens (primary N) is 1. The minimum atomic E-state index is -0.379. The summed E-state index contributed by atoms with van der Waals surface area (Å²) in [5, 5.41) is 0. The molecule has 0 aromatic carbocycles. The Hall–Kier alpha value is -1.56. The lowest BCUT2D eigenvalue weighted by molar-refractivity contribution is 0.0955. The van der Waals surface area contributed by atoms with Gasteiger partial charge in [-0.2, -0.15) is 0 Å². The maximum Gasteiger partial charge on any atom is 0.410 e. The number of rotatable bonds is 1. The van der Waals surface area contributed by atoms with Crippen molar-refractivity contribution >= 4 is 6.09 Å². The molecule has 16 heavy (non-hydrogen) atoms. The number of carbonyl (C=O) groups excluding carboxylic acids is 1. The fourth-order valence-electron chi connectivity index (χ4n) is 2.02. The quantitative estimate of drug-likeness (QED) is 0.757. The highest BCUT2D eigenvalue weighted by molar-refractivity contribution is 5.68. The number of oxazole rings is 1. The lowest BCUT2D eigenvalue weighted by Crippen LogP contribution is -2.42. The summed E-state index contributed by atoms with van der Waals surface area (Å²) < 4.78 is 10.2. The van der Waals surface area contributed by atoms with E-state index in [1.165, 1.54) is 7.11 Å². The van der Waals surface area contributed by atoms with E-state index < -0.39 is 0 Å². The van der Waals surface area contributed by atoms with E-state index in [1.54, 1.807) is 11.8 Å². The van der Waals surface area contributed by atoms with Crippen molar-refractivity contribution in [2.24, 2.45) is 5.73 Å². The summed E-state index contributed by atoms with van der Waals surface area (Å²) in [6, 6.07) is -0.266. The van der Waals surface area contributed by atoms with Gasteiger partial charge in [-0.3, -0.25) is 4.90 Å². The van der Waals surface area contributed by atoms with Gasteiger partial charge in [0, 0.05) is 26.4 Å². The fraction of sp³-hybridized carbons (Fsp3) is 0.600. The predicted molar refractivity (Wildman–Crippen MR) is 55.9 cm³/mol. The first-order valence-electron chi connectivity index (χ1n) is 5.18. The van der Waals surface area contributed by atoms with Crippen LogP contribution in [0, 0.1) is 6.92 Å². The summed E-state index contributed by atoms with van der Waals surface area (Å²) >= 11 is 0. The molecule has 0 saturated heterocycles. The molecule has 0 spiro atoms. The molecule has 1 aliphatic heterocycles. The number of carbonyl (C=O) groups is 1. The number of ether oxygens (including phenoxy) is 1. The Morgan fingerprint density at radius 2 is 2.50 bits per heavy atom. The third-order valence-electron chi connectivity index (χ3n) is 2.74. The second kappa shape index (κ2) is 4.13. The van der Waals surface area contributed by atoms with Gasteiger partial charge in [-0.15, -0.1) is 0 Å². The molecule has 1 aromatic rings. The van der Waals surface area contributed by atoms with Crippen LogP contribution in [0.5, 0.6) is 0 Å². The minimum Gasteiger partial charge on any atom is -0.453 e. The van der Waals surface area contributed by atoms with E-state index >= 15 is 0 Å². The van der Waals surface area contributed by atoms with Crippen LogP contribution >= 0.6 is 0 Å². The summed E-state index contributed by atoms with van der Waals surface area (Å²) in [6.07, 6.45) is 0.299. The first-order valence-corrected chi connectivity index (χ1v) is 5.18. The van der Waals surface area contributed by atoms with Gasteiger partial charge in [0.2, 0.25) is 0 Å². The normalized spacial score (nSPS) is 19.4. The zero-order valence-electron chi connectivity index (χ0n) is 9.40. The van der Waals surface area contributed by atoms with E-state index in [9.17, 15) is 4.79 Å². The summed E-state index contributed by atoms with van der Waals surface area (Å²) in [6.45, 7) is 2.65. The zero-order chi connectivity index (χ0) is 11.7. The smallest absolute Gasteiger partial charge is 0.410 e. The van der Waals surface area contributed by atoms with Crippen LogP contribution in [-0.4, -0.2) is 36.2 Å². The zero-order valence-corrected chi connectivity index (χ0v) is 9.40. The Labute approximate surface area is 93.4 Å². The Bertz CT molecular complexity index is 402. The molecule has 1 unspecified atom stereocenters. The molecular weight excluding hydrogens is 210 g/mol. The molecule has 1 aliphatic rings. The van der Waals surface area contributed by atoms with Crippen LogP contribution in [-0.2, 0) is 11.2 Å². The second-order valence-electron chi connectivity index (χ2n) is 3.71. The lowest BCUT2D eigenvalue weighted by Gasteiger charge is -2.31. The van der Waals surface area contributed by atoms with E-state index in [-0.39, 0.29) is 12.1 Å². The van der Waals surface area contributed by atoms with Gasteiger partial charge < -0.3 is 14.9 Å². The summed E-state index contributed by atoms with van der Waals surface area (Å²) in [7, 11) is 1.36. The molecule has 0 fully saturated rings. The summed E-state index contributed by atoms with van der Waals surface area (Å²) in [4.78, 5) is 17.4. The van der Waals surface area contributed by atoms with E-state index in [1.807, 2.05) is 0 Å². The monoisotopic (exact) mass is 225 g/mol. The maximum absolute atomic E-state index is 11.5. The third kappa shape index (κ3) is 1.65. The maximum atomic E-state index is 11.5. The van der Waals surface area contributed by atoms with Gasteiger partial charge in [-0.1, -0.05) is 0 Å². The number of aromatic nitrogens is 1. The van der Waals surface area contributed by atoms with Crippen LogP contribution in [0.25, 0.3) is 0 Å². The van der Waals surface area contributed by atoms with Gasteiger partial charge in [-0.05, 0) is 0 Å². The van der Waals surface area contributed by atoms with Crippen molar-refractivity contribution in [3.63, 3.8) is 0 Å². The Balaban J connectivity index is 2.33. The van der Waals surface area contributed by atoms with Crippen LogP contribution in [0.15, 0.2) is 4.42 Å². The topological polar surface area (TPSA) is 81.6 Å². The molecule has 2 heterocycles. The average molecular weight is 225 g/mol. The van der Waals surface area contributed by atoms with Gasteiger partial charge in [0.25, 0.3) is 0 Å². The number of hydrogen-bond acceptors (Lipinski definition) is 5. The first kappa shape index (κ1) is 10.9. The molecule has 88 valence electrons. The molecule has 1 atom stereocenters. The molecule has 2 rings (SSSR count). The summed E-state index contributed by atoms with van der Waals surface area (Å²) in [5.41, 5.74) is 6.57. The fourth-order valence-corrected chi connectivity index (χ4v) is 2.02. The van der Waals surface area contributed by atoms with E-state index in [0.717, 1.165) is 5.69 Å².